The molecule has 3 aromatic rings. The lowest BCUT2D eigenvalue weighted by Gasteiger charge is -2.17. The van der Waals surface area contributed by atoms with Gasteiger partial charge in [0, 0.05) is 13.1 Å². The van der Waals surface area contributed by atoms with Crippen LogP contribution in [0.1, 0.15) is 42.1 Å². The molecule has 0 radical (unpaired) electrons. The monoisotopic (exact) mass is 370 g/mol. The van der Waals surface area contributed by atoms with Gasteiger partial charge in [-0.2, -0.15) is 0 Å². The molecule has 4 rings (SSSR count). The Morgan fingerprint density at radius 2 is 2.04 bits per heavy atom. The second-order valence-electron chi connectivity index (χ2n) is 6.40. The van der Waals surface area contributed by atoms with Crippen molar-refractivity contribution in [1.82, 2.24) is 25.3 Å². The summed E-state index contributed by atoms with van der Waals surface area (Å²) in [5, 5.41) is 3.14. The van der Waals surface area contributed by atoms with Gasteiger partial charge in [0.25, 0.3) is 5.91 Å². The molecule has 1 aromatic carbocycles. The van der Waals surface area contributed by atoms with Crippen molar-refractivity contribution < 1.29 is 4.79 Å². The maximum atomic E-state index is 12.7. The van der Waals surface area contributed by atoms with E-state index in [0.717, 1.165) is 37.0 Å². The van der Waals surface area contributed by atoms with Crippen LogP contribution in [0.25, 0.3) is 11.0 Å². The number of nitrogens with one attached hydrogen (secondary N) is 2. The van der Waals surface area contributed by atoms with Crippen LogP contribution in [0, 0.1) is 0 Å². The standard InChI is InChI=1S/C18H19ClN6O/c1-11(16-22-13-6-2-3-7-14(13)23-16)21-17(26)15-12(19)10-20-18(24-15)25-8-4-5-9-25/h2-3,6-7,10-11H,4-5,8-9H2,1H3,(H,21,26)(H,22,23)/t11-/m1/s1. The first-order chi connectivity index (χ1) is 12.6. The first-order valence-corrected chi connectivity index (χ1v) is 9.02. The van der Waals surface area contributed by atoms with Gasteiger partial charge in [-0.3, -0.25) is 4.79 Å². The predicted octanol–water partition coefficient (Wildman–Crippen LogP) is 3.10. The van der Waals surface area contributed by atoms with Crippen molar-refractivity contribution in [3.63, 3.8) is 0 Å². The molecule has 1 aliphatic heterocycles. The van der Waals surface area contributed by atoms with Crippen molar-refractivity contribution in [2.45, 2.75) is 25.8 Å². The summed E-state index contributed by atoms with van der Waals surface area (Å²) in [7, 11) is 0. The Bertz CT molecular complexity index is 917. The van der Waals surface area contributed by atoms with Crippen LogP contribution in [-0.4, -0.2) is 38.9 Å². The highest BCUT2D eigenvalue weighted by atomic mass is 35.5. The molecule has 0 aliphatic carbocycles. The molecule has 1 atom stereocenters. The third kappa shape index (κ3) is 3.22. The normalized spacial score (nSPS) is 15.4. The van der Waals surface area contributed by atoms with Gasteiger partial charge in [0.05, 0.1) is 28.3 Å². The highest BCUT2D eigenvalue weighted by Crippen LogP contribution is 2.21. The zero-order valence-corrected chi connectivity index (χ0v) is 15.1. The van der Waals surface area contributed by atoms with E-state index in [9.17, 15) is 4.79 Å². The fraction of sp³-hybridized carbons (Fsp3) is 0.333. The molecule has 1 fully saturated rings. The summed E-state index contributed by atoms with van der Waals surface area (Å²) in [6, 6.07) is 7.43. The van der Waals surface area contributed by atoms with Gasteiger partial charge in [-0.15, -0.1) is 0 Å². The predicted molar refractivity (Wildman–Crippen MR) is 100 cm³/mol. The topological polar surface area (TPSA) is 86.8 Å². The molecule has 0 saturated carbocycles. The number of imidazole rings is 1. The molecule has 0 spiro atoms. The maximum absolute atomic E-state index is 12.7. The lowest BCUT2D eigenvalue weighted by Crippen LogP contribution is -2.29. The third-order valence-electron chi connectivity index (χ3n) is 4.50. The summed E-state index contributed by atoms with van der Waals surface area (Å²) in [4.78, 5) is 31.1. The van der Waals surface area contributed by atoms with Gasteiger partial charge in [0.15, 0.2) is 5.69 Å². The van der Waals surface area contributed by atoms with Crippen LogP contribution in [0.3, 0.4) is 0 Å². The molecule has 0 bridgehead atoms. The Hall–Kier alpha value is -2.67. The molecule has 3 heterocycles. The zero-order chi connectivity index (χ0) is 18.1. The average Bonchev–Trinajstić information content (AvgIpc) is 3.31. The van der Waals surface area contributed by atoms with Gasteiger partial charge in [-0.05, 0) is 31.9 Å². The molecule has 8 heteroatoms. The molecule has 2 aromatic heterocycles. The van der Waals surface area contributed by atoms with E-state index in [-0.39, 0.29) is 22.7 Å². The van der Waals surface area contributed by atoms with Crippen LogP contribution in [0.4, 0.5) is 5.95 Å². The Morgan fingerprint density at radius 1 is 1.27 bits per heavy atom. The number of fused-ring (bicyclic) bond motifs is 1. The molecule has 134 valence electrons. The van der Waals surface area contributed by atoms with E-state index < -0.39 is 0 Å². The number of benzene rings is 1. The van der Waals surface area contributed by atoms with Gasteiger partial charge in [0.2, 0.25) is 5.95 Å². The van der Waals surface area contributed by atoms with Crippen LogP contribution < -0.4 is 10.2 Å². The third-order valence-corrected chi connectivity index (χ3v) is 4.78. The van der Waals surface area contributed by atoms with Crippen molar-refractivity contribution in [2.24, 2.45) is 0 Å². The number of carbonyl (C=O) groups excluding carboxylic acids is 1. The quantitative estimate of drug-likeness (QED) is 0.736. The second-order valence-corrected chi connectivity index (χ2v) is 6.80. The van der Waals surface area contributed by atoms with Gasteiger partial charge in [-0.25, -0.2) is 15.0 Å². The molecule has 0 unspecified atom stereocenters. The summed E-state index contributed by atoms with van der Waals surface area (Å²) in [6.07, 6.45) is 3.70. The SMILES string of the molecule is C[C@@H](NC(=O)c1nc(N2CCCC2)ncc1Cl)c1nc2ccccc2[nH]1. The largest absolute Gasteiger partial charge is 0.341 e. The van der Waals surface area contributed by atoms with E-state index in [1.54, 1.807) is 0 Å². The van der Waals surface area contributed by atoms with Crippen molar-refractivity contribution in [2.75, 3.05) is 18.0 Å². The summed E-state index contributed by atoms with van der Waals surface area (Å²) in [5.74, 6) is 0.892. The first-order valence-electron chi connectivity index (χ1n) is 8.65. The molecule has 7 nitrogen and oxygen atoms in total. The number of rotatable bonds is 4. The maximum Gasteiger partial charge on any atom is 0.272 e. The number of nitrogens with zero attached hydrogens (tertiary/aromatic N) is 4. The fourth-order valence-electron chi connectivity index (χ4n) is 3.10. The smallest absolute Gasteiger partial charge is 0.272 e. The highest BCUT2D eigenvalue weighted by molar-refractivity contribution is 6.33. The summed E-state index contributed by atoms with van der Waals surface area (Å²) in [6.45, 7) is 3.67. The first kappa shape index (κ1) is 16.8. The van der Waals surface area contributed by atoms with Crippen LogP contribution in [0.5, 0.6) is 0 Å². The molecule has 1 aliphatic rings. The molecular weight excluding hydrogens is 352 g/mol. The van der Waals surface area contributed by atoms with E-state index in [1.807, 2.05) is 31.2 Å². The van der Waals surface area contributed by atoms with Gasteiger partial charge in [0.1, 0.15) is 5.82 Å². The summed E-state index contributed by atoms with van der Waals surface area (Å²) in [5.41, 5.74) is 1.98. The van der Waals surface area contributed by atoms with Crippen LogP contribution >= 0.6 is 11.6 Å². The van der Waals surface area contributed by atoms with Crippen molar-refractivity contribution in [3.8, 4) is 0 Å². The van der Waals surface area contributed by atoms with E-state index in [4.69, 9.17) is 11.6 Å². The van der Waals surface area contributed by atoms with Gasteiger partial charge >= 0.3 is 0 Å². The average molecular weight is 371 g/mol. The minimum Gasteiger partial charge on any atom is -0.341 e. The number of para-hydroxylation sites is 2. The summed E-state index contributed by atoms with van der Waals surface area (Å²) < 4.78 is 0. The Balaban J connectivity index is 1.54. The number of amides is 1. The number of halogens is 1. The highest BCUT2D eigenvalue weighted by Gasteiger charge is 2.21. The van der Waals surface area contributed by atoms with Gasteiger partial charge in [-0.1, -0.05) is 23.7 Å². The van der Waals surface area contributed by atoms with Crippen LogP contribution in [0.2, 0.25) is 5.02 Å². The van der Waals surface area contributed by atoms with E-state index in [0.29, 0.717) is 11.8 Å². The lowest BCUT2D eigenvalue weighted by atomic mass is 10.3. The van der Waals surface area contributed by atoms with Crippen LogP contribution in [-0.2, 0) is 0 Å². The number of aromatic nitrogens is 4. The molecule has 1 amide bonds. The fourth-order valence-corrected chi connectivity index (χ4v) is 3.27. The van der Waals surface area contributed by atoms with E-state index in [1.165, 1.54) is 6.20 Å². The van der Waals surface area contributed by atoms with E-state index in [2.05, 4.69) is 30.2 Å². The van der Waals surface area contributed by atoms with Crippen molar-refractivity contribution >= 4 is 34.5 Å². The lowest BCUT2D eigenvalue weighted by molar-refractivity contribution is 0.0933. The number of H-pyrrole nitrogens is 1. The minimum absolute atomic E-state index is 0.187. The minimum atomic E-state index is -0.342. The molecule has 26 heavy (non-hydrogen) atoms. The van der Waals surface area contributed by atoms with Crippen molar-refractivity contribution in [3.05, 3.63) is 47.0 Å². The number of anilines is 1. The summed E-state index contributed by atoms with van der Waals surface area (Å²) >= 11 is 6.16. The Morgan fingerprint density at radius 3 is 2.81 bits per heavy atom. The number of carbonyl (C=O) groups is 1. The van der Waals surface area contributed by atoms with Gasteiger partial charge < -0.3 is 15.2 Å². The molecular formula is C18H19ClN6O. The number of aromatic amines is 1. The van der Waals surface area contributed by atoms with Crippen LogP contribution in [0.15, 0.2) is 30.5 Å². The number of hydrogen-bond donors (Lipinski definition) is 2. The zero-order valence-electron chi connectivity index (χ0n) is 14.4. The molecule has 2 N–H and O–H groups in total. The second kappa shape index (κ2) is 6.92. The Kier molecular flexibility index (Phi) is 4.46. The number of hydrogen-bond acceptors (Lipinski definition) is 5. The van der Waals surface area contributed by atoms with Crippen molar-refractivity contribution in [1.29, 1.82) is 0 Å². The molecule has 1 saturated heterocycles. The van der Waals surface area contributed by atoms with E-state index >= 15 is 0 Å². The Labute approximate surface area is 155 Å².